The topological polar surface area (TPSA) is 64.1 Å². The Morgan fingerprint density at radius 1 is 1.23 bits per heavy atom. The van der Waals surface area contributed by atoms with Crippen LogP contribution in [0, 0.1) is 0 Å². The molecule has 140 valence electrons. The third-order valence-corrected chi connectivity index (χ3v) is 5.81. The summed E-state index contributed by atoms with van der Waals surface area (Å²) in [7, 11) is -1.02. The molecule has 1 aliphatic rings. The lowest BCUT2D eigenvalue weighted by molar-refractivity contribution is -0.141. The minimum Gasteiger partial charge on any atom is -0.381 e. The highest BCUT2D eigenvalue weighted by molar-refractivity contribution is 7.84. The molecule has 5 nitrogen and oxygen atoms in total. The van der Waals surface area contributed by atoms with Crippen molar-refractivity contribution in [1.82, 2.24) is 9.97 Å². The van der Waals surface area contributed by atoms with Crippen LogP contribution in [-0.2, 0) is 27.5 Å². The molecule has 1 aliphatic heterocycles. The molecule has 3 rings (SSSR count). The summed E-state index contributed by atoms with van der Waals surface area (Å²) >= 11 is 0. The molecule has 0 aliphatic carbocycles. The zero-order valence-electron chi connectivity index (χ0n) is 13.8. The molecular weight excluding hydrogens is 367 g/mol. The number of nitrogens with zero attached hydrogens (tertiary/aromatic N) is 2. The molecule has 1 N–H and O–H groups in total. The first-order valence-electron chi connectivity index (χ1n) is 8.13. The molecule has 9 heteroatoms. The molecule has 0 bridgehead atoms. The minimum atomic E-state index is -4.53. The number of halogens is 3. The minimum absolute atomic E-state index is 0.118. The summed E-state index contributed by atoms with van der Waals surface area (Å²) in [5.41, 5.74) is 0.379. The Labute approximate surface area is 151 Å². The van der Waals surface area contributed by atoms with Crippen molar-refractivity contribution in [2.24, 2.45) is 0 Å². The molecule has 2 aromatic rings. The van der Waals surface area contributed by atoms with E-state index < -0.39 is 22.7 Å². The summed E-state index contributed by atoms with van der Waals surface area (Å²) in [4.78, 5) is 7.30. The van der Waals surface area contributed by atoms with Gasteiger partial charge >= 0.3 is 6.18 Å². The van der Waals surface area contributed by atoms with Gasteiger partial charge in [0.1, 0.15) is 5.69 Å². The van der Waals surface area contributed by atoms with Gasteiger partial charge < -0.3 is 10.1 Å². The van der Waals surface area contributed by atoms with Gasteiger partial charge in [-0.25, -0.2) is 9.97 Å². The Morgan fingerprint density at radius 2 is 2.00 bits per heavy atom. The zero-order valence-corrected chi connectivity index (χ0v) is 14.6. The third-order valence-electron chi connectivity index (χ3n) is 3.98. The molecule has 0 spiro atoms. The van der Waals surface area contributed by atoms with E-state index in [0.29, 0.717) is 24.7 Å². The van der Waals surface area contributed by atoms with Crippen molar-refractivity contribution < 1.29 is 22.1 Å². The number of hydrogen-bond acceptors (Lipinski definition) is 5. The molecule has 26 heavy (non-hydrogen) atoms. The number of ether oxygens (including phenoxy) is 1. The Kier molecular flexibility index (Phi) is 5.87. The number of benzene rings is 1. The van der Waals surface area contributed by atoms with Gasteiger partial charge in [-0.1, -0.05) is 12.1 Å². The Balaban J connectivity index is 1.68. The van der Waals surface area contributed by atoms with Crippen LogP contribution in [0.2, 0.25) is 0 Å². The number of alkyl halides is 3. The van der Waals surface area contributed by atoms with Gasteiger partial charge in [0.05, 0.1) is 0 Å². The fourth-order valence-corrected chi connectivity index (χ4v) is 4.13. The number of anilines is 2. The molecule has 1 atom stereocenters. The average Bonchev–Trinajstić information content (AvgIpc) is 2.62. The Morgan fingerprint density at radius 3 is 2.73 bits per heavy atom. The monoisotopic (exact) mass is 385 g/mol. The van der Waals surface area contributed by atoms with Crippen LogP contribution in [0.1, 0.15) is 24.1 Å². The largest absolute Gasteiger partial charge is 0.433 e. The SMILES string of the molecule is O=S(Cc1cccc(Nc2nccc(C(F)(F)F)n2)c1)C1CCOCC1. The fraction of sp³-hybridized carbons (Fsp3) is 0.412. The predicted octanol–water partition coefficient (Wildman–Crippen LogP) is 3.67. The second-order valence-corrected chi connectivity index (χ2v) is 7.64. The summed E-state index contributed by atoms with van der Waals surface area (Å²) in [5, 5.41) is 2.89. The summed E-state index contributed by atoms with van der Waals surface area (Å²) in [6.45, 7) is 1.26. The summed E-state index contributed by atoms with van der Waals surface area (Å²) in [5.74, 6) is 0.256. The van der Waals surface area contributed by atoms with E-state index in [0.717, 1.165) is 30.7 Å². The van der Waals surface area contributed by atoms with Crippen molar-refractivity contribution in [3.8, 4) is 0 Å². The smallest absolute Gasteiger partial charge is 0.381 e. The van der Waals surface area contributed by atoms with Gasteiger partial charge in [-0.2, -0.15) is 13.2 Å². The summed E-state index contributed by atoms with van der Waals surface area (Å²) in [6.07, 6.45) is -1.91. The summed E-state index contributed by atoms with van der Waals surface area (Å²) in [6, 6.07) is 7.87. The maximum absolute atomic E-state index is 12.7. The number of aromatic nitrogens is 2. The van der Waals surface area contributed by atoms with Crippen molar-refractivity contribution in [3.05, 3.63) is 47.8 Å². The van der Waals surface area contributed by atoms with Gasteiger partial charge in [-0.05, 0) is 36.6 Å². The molecule has 1 aromatic carbocycles. The molecule has 1 unspecified atom stereocenters. The summed E-state index contributed by atoms with van der Waals surface area (Å²) < 4.78 is 55.9. The molecule has 1 fully saturated rings. The van der Waals surface area contributed by atoms with Gasteiger partial charge in [0.15, 0.2) is 0 Å². The highest BCUT2D eigenvalue weighted by atomic mass is 32.2. The van der Waals surface area contributed by atoms with Gasteiger partial charge in [0.25, 0.3) is 0 Å². The van der Waals surface area contributed by atoms with Crippen LogP contribution >= 0.6 is 0 Å². The first-order valence-corrected chi connectivity index (χ1v) is 9.51. The Hall–Kier alpha value is -2.00. The van der Waals surface area contributed by atoms with Crippen LogP contribution in [0.4, 0.5) is 24.8 Å². The maximum atomic E-state index is 12.7. The number of rotatable bonds is 5. The lowest BCUT2D eigenvalue weighted by atomic mass is 10.2. The molecule has 1 aromatic heterocycles. The van der Waals surface area contributed by atoms with Crippen LogP contribution in [0.3, 0.4) is 0 Å². The first kappa shape index (κ1) is 18.8. The average molecular weight is 385 g/mol. The molecular formula is C17H18F3N3O2S. The molecule has 0 saturated carbocycles. The zero-order chi connectivity index (χ0) is 18.6. The molecule has 1 saturated heterocycles. The quantitative estimate of drug-likeness (QED) is 0.851. The van der Waals surface area contributed by atoms with Crippen LogP contribution in [0.5, 0.6) is 0 Å². The van der Waals surface area contributed by atoms with Crippen LogP contribution in [0.25, 0.3) is 0 Å². The maximum Gasteiger partial charge on any atom is 0.433 e. The van der Waals surface area contributed by atoms with E-state index in [-0.39, 0.29) is 11.2 Å². The number of hydrogen-bond donors (Lipinski definition) is 1. The van der Waals surface area contributed by atoms with E-state index in [1.54, 1.807) is 18.2 Å². The third kappa shape index (κ3) is 5.01. The van der Waals surface area contributed by atoms with Crippen molar-refractivity contribution in [2.75, 3.05) is 18.5 Å². The predicted molar refractivity (Wildman–Crippen MR) is 92.4 cm³/mol. The van der Waals surface area contributed by atoms with E-state index in [9.17, 15) is 17.4 Å². The van der Waals surface area contributed by atoms with E-state index >= 15 is 0 Å². The van der Waals surface area contributed by atoms with Gasteiger partial charge in [-0.3, -0.25) is 4.21 Å². The van der Waals surface area contributed by atoms with Gasteiger partial charge in [-0.15, -0.1) is 0 Å². The van der Waals surface area contributed by atoms with Crippen LogP contribution in [-0.4, -0.2) is 32.6 Å². The Bertz CT molecular complexity index is 780. The lowest BCUT2D eigenvalue weighted by Gasteiger charge is -2.21. The number of nitrogens with one attached hydrogen (secondary N) is 1. The van der Waals surface area contributed by atoms with E-state index in [1.165, 1.54) is 0 Å². The lowest BCUT2D eigenvalue weighted by Crippen LogP contribution is -2.25. The fourth-order valence-electron chi connectivity index (χ4n) is 2.67. The van der Waals surface area contributed by atoms with Crippen LogP contribution < -0.4 is 5.32 Å². The van der Waals surface area contributed by atoms with Crippen molar-refractivity contribution in [2.45, 2.75) is 30.0 Å². The molecule has 0 radical (unpaired) electrons. The van der Waals surface area contributed by atoms with Gasteiger partial charge in [0.2, 0.25) is 5.95 Å². The van der Waals surface area contributed by atoms with Crippen molar-refractivity contribution in [3.63, 3.8) is 0 Å². The normalized spacial score (nSPS) is 17.0. The van der Waals surface area contributed by atoms with E-state index in [4.69, 9.17) is 4.74 Å². The molecule has 2 heterocycles. The highest BCUT2D eigenvalue weighted by Crippen LogP contribution is 2.28. The van der Waals surface area contributed by atoms with Crippen LogP contribution in [0.15, 0.2) is 36.5 Å². The van der Waals surface area contributed by atoms with Crippen molar-refractivity contribution >= 4 is 22.4 Å². The first-order chi connectivity index (χ1) is 12.4. The second-order valence-electron chi connectivity index (χ2n) is 5.93. The van der Waals surface area contributed by atoms with E-state index in [2.05, 4.69) is 15.3 Å². The highest BCUT2D eigenvalue weighted by Gasteiger charge is 2.32. The van der Waals surface area contributed by atoms with E-state index in [1.807, 2.05) is 6.07 Å². The second kappa shape index (κ2) is 8.13. The van der Waals surface area contributed by atoms with Crippen molar-refractivity contribution in [1.29, 1.82) is 0 Å². The van der Waals surface area contributed by atoms with Gasteiger partial charge in [0, 0.05) is 46.9 Å². The standard InChI is InChI=1S/C17H18F3N3O2S/c18-17(19,20)15-4-7-21-16(23-15)22-13-3-1-2-12(10-13)11-26(24)14-5-8-25-9-6-14/h1-4,7,10,14H,5-6,8-9,11H2,(H,21,22,23). The molecule has 0 amide bonds.